The lowest BCUT2D eigenvalue weighted by atomic mass is 9.92. The van der Waals surface area contributed by atoms with Crippen molar-refractivity contribution < 1.29 is 24.2 Å². The van der Waals surface area contributed by atoms with Crippen molar-refractivity contribution in [2.24, 2.45) is 5.73 Å². The van der Waals surface area contributed by atoms with Crippen LogP contribution in [0.5, 0.6) is 11.5 Å². The molecule has 0 radical (unpaired) electrons. The summed E-state index contributed by atoms with van der Waals surface area (Å²) < 4.78 is 9.08. The Hall–Kier alpha value is -6.08. The molecule has 5 rings (SSSR count). The zero-order valence-corrected chi connectivity index (χ0v) is 31.0. The predicted octanol–water partition coefficient (Wildman–Crippen LogP) is 5.80. The Morgan fingerprint density at radius 3 is 2.32 bits per heavy atom. The minimum Gasteiger partial charge on any atom is -0.508 e. The van der Waals surface area contributed by atoms with E-state index in [-0.39, 0.29) is 40.7 Å². The van der Waals surface area contributed by atoms with E-state index >= 15 is 0 Å². The van der Waals surface area contributed by atoms with E-state index in [9.17, 15) is 24.3 Å². The molecule has 276 valence electrons. The minimum absolute atomic E-state index is 0.0530. The van der Waals surface area contributed by atoms with E-state index in [4.69, 9.17) is 27.2 Å². The number of primary amides is 1. The van der Waals surface area contributed by atoms with Crippen LogP contribution in [0.1, 0.15) is 66.1 Å². The quantitative estimate of drug-likeness (QED) is 0.113. The Morgan fingerprint density at radius 1 is 0.981 bits per heavy atom. The number of phenols is 1. The molecule has 0 aliphatic rings. The van der Waals surface area contributed by atoms with Gasteiger partial charge in [-0.05, 0) is 73.9 Å². The number of hydrogen-bond donors (Lipinski definition) is 5. The lowest BCUT2D eigenvalue weighted by Crippen LogP contribution is -2.42. The third-order valence-corrected chi connectivity index (χ3v) is 8.89. The summed E-state index contributed by atoms with van der Waals surface area (Å²) in [4.78, 5) is 51.0. The lowest BCUT2D eigenvalue weighted by Gasteiger charge is -2.18. The van der Waals surface area contributed by atoms with Crippen molar-refractivity contribution in [3.8, 4) is 22.9 Å². The molecule has 0 saturated heterocycles. The van der Waals surface area contributed by atoms with E-state index in [0.717, 1.165) is 16.8 Å². The number of nitrogens with one attached hydrogen (secondary N) is 3. The normalized spacial score (nSPS) is 11.8. The molecule has 0 bridgehead atoms. The van der Waals surface area contributed by atoms with Crippen LogP contribution in [0.2, 0.25) is 5.02 Å². The number of pyridine rings is 1. The van der Waals surface area contributed by atoms with Gasteiger partial charge in [-0.3, -0.25) is 24.3 Å². The standard InChI is InChI=1S/C39H42ClN7O6/c1-22-11-12-25(36(50)43-24(3)35(41)49)18-30(22)46-23(2)17-31(34(40)37(46)51)53-21-27-10-8-7-9-26(27)20-42-38(52)44-33-19-32(39(4,5)6)45-47(33)28-13-15-29(48)16-14-28/h7-19,24,48H,20-21H2,1-6H3,(H2,41,49)(H,43,50)(H2,42,44,52)/t24-/m1/s1. The maximum atomic E-state index is 13.6. The van der Waals surface area contributed by atoms with E-state index in [2.05, 4.69) is 16.0 Å². The number of benzene rings is 3. The van der Waals surface area contributed by atoms with Crippen molar-refractivity contribution >= 4 is 35.3 Å². The van der Waals surface area contributed by atoms with Gasteiger partial charge in [0.05, 0.1) is 17.1 Å². The van der Waals surface area contributed by atoms with Crippen molar-refractivity contribution in [1.82, 2.24) is 25.0 Å². The van der Waals surface area contributed by atoms with E-state index in [1.807, 2.05) is 51.1 Å². The Labute approximate surface area is 311 Å². The molecule has 0 aliphatic carbocycles. The number of rotatable bonds is 11. The number of urea groups is 1. The van der Waals surface area contributed by atoms with Crippen molar-refractivity contribution in [2.75, 3.05) is 5.32 Å². The molecule has 14 heteroatoms. The first-order valence-electron chi connectivity index (χ1n) is 16.8. The number of anilines is 1. The van der Waals surface area contributed by atoms with Crippen LogP contribution < -0.4 is 32.0 Å². The highest BCUT2D eigenvalue weighted by atomic mass is 35.5. The van der Waals surface area contributed by atoms with Gasteiger partial charge in [0.25, 0.3) is 11.5 Å². The fourth-order valence-corrected chi connectivity index (χ4v) is 5.61. The number of phenolic OH excluding ortho intramolecular Hbond substituents is 1. The molecule has 4 amide bonds. The summed E-state index contributed by atoms with van der Waals surface area (Å²) in [6.45, 7) is 11.3. The largest absolute Gasteiger partial charge is 0.508 e. The van der Waals surface area contributed by atoms with E-state index in [1.54, 1.807) is 67.1 Å². The molecule has 5 aromatic rings. The first kappa shape index (κ1) is 38.2. The smallest absolute Gasteiger partial charge is 0.320 e. The fraction of sp³-hybridized carbons (Fsp3) is 0.256. The van der Waals surface area contributed by atoms with Gasteiger partial charge in [-0.15, -0.1) is 0 Å². The number of aromatic hydroxyl groups is 1. The fourth-order valence-electron chi connectivity index (χ4n) is 5.42. The molecule has 2 aromatic heterocycles. The number of nitrogens with two attached hydrogens (primary N) is 1. The van der Waals surface area contributed by atoms with Gasteiger partial charge in [0.1, 0.15) is 35.0 Å². The van der Waals surface area contributed by atoms with Crippen LogP contribution in [0.15, 0.2) is 83.7 Å². The summed E-state index contributed by atoms with van der Waals surface area (Å²) in [6.07, 6.45) is 0. The van der Waals surface area contributed by atoms with E-state index in [1.165, 1.54) is 11.5 Å². The molecular formula is C39H42ClN7O6. The highest BCUT2D eigenvalue weighted by molar-refractivity contribution is 6.31. The highest BCUT2D eigenvalue weighted by Gasteiger charge is 2.22. The van der Waals surface area contributed by atoms with Crippen molar-refractivity contribution in [1.29, 1.82) is 0 Å². The Bertz CT molecular complexity index is 2240. The van der Waals surface area contributed by atoms with Crippen molar-refractivity contribution in [3.05, 3.63) is 128 Å². The molecule has 0 unspecified atom stereocenters. The lowest BCUT2D eigenvalue weighted by molar-refractivity contribution is -0.119. The first-order valence-corrected chi connectivity index (χ1v) is 17.2. The average Bonchev–Trinajstić information content (AvgIpc) is 3.54. The second-order valence-corrected chi connectivity index (χ2v) is 14.0. The van der Waals surface area contributed by atoms with E-state index < -0.39 is 29.4 Å². The highest BCUT2D eigenvalue weighted by Crippen LogP contribution is 2.28. The van der Waals surface area contributed by atoms with Gasteiger partial charge in [-0.1, -0.05) is 62.7 Å². The van der Waals surface area contributed by atoms with E-state index in [0.29, 0.717) is 28.5 Å². The Morgan fingerprint density at radius 2 is 1.66 bits per heavy atom. The molecule has 13 nitrogen and oxygen atoms in total. The third kappa shape index (κ3) is 8.87. The molecule has 6 N–H and O–H groups in total. The number of nitrogens with zero attached hydrogens (tertiary/aromatic N) is 3. The van der Waals surface area contributed by atoms with Crippen LogP contribution in [0.4, 0.5) is 10.6 Å². The van der Waals surface area contributed by atoms with Gasteiger partial charge < -0.3 is 26.2 Å². The van der Waals surface area contributed by atoms with Crippen molar-refractivity contribution in [3.63, 3.8) is 0 Å². The molecule has 0 fully saturated rings. The molecular weight excluding hydrogens is 698 g/mol. The first-order chi connectivity index (χ1) is 25.0. The SMILES string of the molecule is Cc1ccc(C(=O)N[C@H](C)C(N)=O)cc1-n1c(C)cc(OCc2ccccc2CNC(=O)Nc2cc(C(C)(C)C)nn2-c2ccc(O)cc2)c(Cl)c1=O. The van der Waals surface area contributed by atoms with Crippen LogP contribution in [0, 0.1) is 13.8 Å². The number of aromatic nitrogens is 3. The number of carbonyl (C=O) groups excluding carboxylic acids is 3. The van der Waals surface area contributed by atoms with Gasteiger partial charge >= 0.3 is 6.03 Å². The zero-order chi connectivity index (χ0) is 38.6. The van der Waals surface area contributed by atoms with Gasteiger partial charge in [0, 0.05) is 35.3 Å². The number of hydrogen-bond acceptors (Lipinski definition) is 7. The molecule has 2 heterocycles. The summed E-state index contributed by atoms with van der Waals surface area (Å²) in [5.41, 5.74) is 9.33. The van der Waals surface area contributed by atoms with Crippen LogP contribution in [0.25, 0.3) is 11.4 Å². The zero-order valence-electron chi connectivity index (χ0n) is 30.3. The van der Waals surface area contributed by atoms with Crippen molar-refractivity contribution in [2.45, 2.75) is 66.2 Å². The van der Waals surface area contributed by atoms with Crippen LogP contribution in [0.3, 0.4) is 0 Å². The summed E-state index contributed by atoms with van der Waals surface area (Å²) in [6, 6.07) is 20.9. The van der Waals surface area contributed by atoms with Gasteiger partial charge in [-0.25, -0.2) is 9.48 Å². The Kier molecular flexibility index (Phi) is 11.3. The molecule has 0 spiro atoms. The number of carbonyl (C=O) groups is 3. The number of aryl methyl sites for hydroxylation is 2. The molecule has 1 atom stereocenters. The summed E-state index contributed by atoms with van der Waals surface area (Å²) >= 11 is 6.59. The number of halogens is 1. The molecule has 53 heavy (non-hydrogen) atoms. The summed E-state index contributed by atoms with van der Waals surface area (Å²) in [5.74, 6) is -0.448. The monoisotopic (exact) mass is 739 g/mol. The van der Waals surface area contributed by atoms with Gasteiger partial charge in [-0.2, -0.15) is 5.10 Å². The predicted molar refractivity (Wildman–Crippen MR) is 203 cm³/mol. The van der Waals surface area contributed by atoms with Crippen LogP contribution >= 0.6 is 11.6 Å². The average molecular weight is 740 g/mol. The molecule has 3 aromatic carbocycles. The minimum atomic E-state index is -0.879. The molecule has 0 aliphatic heterocycles. The van der Waals surface area contributed by atoms with Gasteiger partial charge in [0.15, 0.2) is 0 Å². The summed E-state index contributed by atoms with van der Waals surface area (Å²) in [7, 11) is 0. The van der Waals surface area contributed by atoms with Crippen LogP contribution in [-0.4, -0.2) is 43.3 Å². The second-order valence-electron chi connectivity index (χ2n) is 13.7. The second kappa shape index (κ2) is 15.7. The maximum absolute atomic E-state index is 13.6. The third-order valence-electron chi connectivity index (χ3n) is 8.54. The molecule has 0 saturated carbocycles. The number of amides is 4. The topological polar surface area (TPSA) is 183 Å². The maximum Gasteiger partial charge on any atom is 0.320 e. The Balaban J connectivity index is 1.30. The number of ether oxygens (including phenoxy) is 1. The van der Waals surface area contributed by atoms with Crippen LogP contribution in [-0.2, 0) is 23.4 Å². The van der Waals surface area contributed by atoms with Gasteiger partial charge in [0.2, 0.25) is 5.91 Å². The summed E-state index contributed by atoms with van der Waals surface area (Å²) in [5, 5.41) is 22.6.